The number of methoxy groups -OCH3 is 1. The first kappa shape index (κ1) is 26.7. The third kappa shape index (κ3) is 6.91. The Balaban J connectivity index is 1.20. The predicted octanol–water partition coefficient (Wildman–Crippen LogP) is 3.44. The van der Waals surface area contributed by atoms with Gasteiger partial charge in [-0.1, -0.05) is 0 Å². The molecule has 2 aromatic carbocycles. The highest BCUT2D eigenvalue weighted by Crippen LogP contribution is 2.30. The molecule has 200 valence electrons. The largest absolute Gasteiger partial charge is 0.497 e. The van der Waals surface area contributed by atoms with Gasteiger partial charge in [0.2, 0.25) is 5.91 Å². The number of hydrogen-bond donors (Lipinski definition) is 2. The molecular weight excluding hydrogens is 492 g/mol. The number of ether oxygens (including phenoxy) is 1. The second-order valence-electron chi connectivity index (χ2n) is 9.37. The van der Waals surface area contributed by atoms with Crippen molar-refractivity contribution >= 4 is 17.5 Å². The van der Waals surface area contributed by atoms with Crippen LogP contribution in [0.25, 0.3) is 0 Å². The Hall–Kier alpha value is -3.34. The molecule has 2 saturated heterocycles. The van der Waals surface area contributed by atoms with Crippen LogP contribution in [0.4, 0.5) is 23.2 Å². The number of anilines is 1. The molecule has 37 heavy (non-hydrogen) atoms. The van der Waals surface area contributed by atoms with Gasteiger partial charge >= 0.3 is 6.18 Å². The average molecular weight is 523 g/mol. The summed E-state index contributed by atoms with van der Waals surface area (Å²) in [5.74, 6) is -1.74. The highest BCUT2D eigenvalue weighted by molar-refractivity contribution is 5.96. The maximum Gasteiger partial charge on any atom is 0.416 e. The minimum Gasteiger partial charge on any atom is -0.497 e. The third-order valence-electron chi connectivity index (χ3n) is 6.90. The van der Waals surface area contributed by atoms with E-state index in [9.17, 15) is 27.2 Å². The van der Waals surface area contributed by atoms with Crippen molar-refractivity contribution in [2.75, 3.05) is 44.7 Å². The van der Waals surface area contributed by atoms with E-state index in [1.165, 1.54) is 5.69 Å². The van der Waals surface area contributed by atoms with E-state index < -0.39 is 41.5 Å². The number of carbonyl (C=O) groups excluding carboxylic acids is 2. The second-order valence-corrected chi connectivity index (χ2v) is 9.37. The molecule has 2 aliphatic heterocycles. The fourth-order valence-corrected chi connectivity index (χ4v) is 4.94. The Bertz CT molecular complexity index is 1100. The molecule has 0 spiro atoms. The molecule has 0 unspecified atom stereocenters. The van der Waals surface area contributed by atoms with E-state index in [4.69, 9.17) is 4.74 Å². The van der Waals surface area contributed by atoms with Crippen LogP contribution in [0.3, 0.4) is 0 Å². The SMILES string of the molecule is COc1ccc(N2CCC(N3CC[C@@H](NC(=O)CNC(=O)c4cc(F)cc(C(F)(F)F)c4)C3)CC2)cc1. The monoisotopic (exact) mass is 522 g/mol. The average Bonchev–Trinajstić information content (AvgIpc) is 3.35. The number of benzene rings is 2. The van der Waals surface area contributed by atoms with Crippen LogP contribution in [-0.2, 0) is 11.0 Å². The number of nitrogens with one attached hydrogen (secondary N) is 2. The highest BCUT2D eigenvalue weighted by Gasteiger charge is 2.33. The van der Waals surface area contributed by atoms with Gasteiger partial charge in [0, 0.05) is 49.5 Å². The number of amides is 2. The van der Waals surface area contributed by atoms with Crippen LogP contribution in [-0.4, -0.2) is 68.6 Å². The molecule has 2 fully saturated rings. The molecule has 0 bridgehead atoms. The fraction of sp³-hybridized carbons (Fsp3) is 0.462. The Kier molecular flexibility index (Phi) is 8.21. The minimum absolute atomic E-state index is 0.0741. The van der Waals surface area contributed by atoms with Gasteiger partial charge in [-0.25, -0.2) is 4.39 Å². The van der Waals surface area contributed by atoms with Gasteiger partial charge in [0.25, 0.3) is 5.91 Å². The standard InChI is InChI=1S/C26H30F4N4O3/c1-37-23-4-2-21(3-5-23)33-10-7-22(8-11-33)34-9-6-20(16-34)32-24(35)15-31-25(36)17-12-18(26(28,29)30)14-19(27)13-17/h2-5,12-14,20,22H,6-11,15-16H2,1H3,(H,31,36)(H,32,35)/t20-/m1/s1. The van der Waals surface area contributed by atoms with Gasteiger partial charge in [0.05, 0.1) is 19.2 Å². The van der Waals surface area contributed by atoms with Crippen molar-refractivity contribution in [2.24, 2.45) is 0 Å². The number of halogens is 4. The lowest BCUT2D eigenvalue weighted by Crippen LogP contribution is -2.46. The molecule has 0 radical (unpaired) electrons. The third-order valence-corrected chi connectivity index (χ3v) is 6.90. The Morgan fingerprint density at radius 2 is 1.73 bits per heavy atom. The zero-order valence-corrected chi connectivity index (χ0v) is 20.5. The van der Waals surface area contributed by atoms with Gasteiger partial charge in [0.1, 0.15) is 11.6 Å². The normalized spacial score (nSPS) is 19.1. The minimum atomic E-state index is -4.78. The lowest BCUT2D eigenvalue weighted by Gasteiger charge is -2.38. The first-order chi connectivity index (χ1) is 17.6. The molecule has 11 heteroatoms. The number of hydrogen-bond acceptors (Lipinski definition) is 5. The van der Waals surface area contributed by atoms with E-state index >= 15 is 0 Å². The van der Waals surface area contributed by atoms with Crippen molar-refractivity contribution < 1.29 is 31.9 Å². The zero-order valence-electron chi connectivity index (χ0n) is 20.5. The van der Waals surface area contributed by atoms with E-state index in [2.05, 4.69) is 32.6 Å². The fourth-order valence-electron chi connectivity index (χ4n) is 4.94. The first-order valence-electron chi connectivity index (χ1n) is 12.2. The summed E-state index contributed by atoms with van der Waals surface area (Å²) in [6, 6.07) is 9.96. The van der Waals surface area contributed by atoms with Gasteiger partial charge < -0.3 is 20.3 Å². The van der Waals surface area contributed by atoms with Crippen molar-refractivity contribution in [3.05, 3.63) is 59.4 Å². The van der Waals surface area contributed by atoms with Gasteiger partial charge in [-0.05, 0) is 61.7 Å². The molecule has 0 aromatic heterocycles. The number of carbonyl (C=O) groups is 2. The van der Waals surface area contributed by atoms with E-state index in [-0.39, 0.29) is 6.04 Å². The molecule has 2 N–H and O–H groups in total. The number of rotatable bonds is 7. The summed E-state index contributed by atoms with van der Waals surface area (Å²) in [5.41, 5.74) is -0.586. The maximum absolute atomic E-state index is 13.5. The van der Waals surface area contributed by atoms with Crippen LogP contribution in [0.2, 0.25) is 0 Å². The van der Waals surface area contributed by atoms with Crippen molar-refractivity contribution in [1.82, 2.24) is 15.5 Å². The molecule has 0 aliphatic carbocycles. The van der Waals surface area contributed by atoms with Crippen LogP contribution < -0.4 is 20.3 Å². The zero-order chi connectivity index (χ0) is 26.6. The molecule has 2 aromatic rings. The topological polar surface area (TPSA) is 73.9 Å². The molecular formula is C26H30F4N4O3. The van der Waals surface area contributed by atoms with Gasteiger partial charge in [-0.3, -0.25) is 14.5 Å². The van der Waals surface area contributed by atoms with Crippen LogP contribution in [0.15, 0.2) is 42.5 Å². The summed E-state index contributed by atoms with van der Waals surface area (Å²) in [6.45, 7) is 3.02. The number of piperidine rings is 1. The van der Waals surface area contributed by atoms with Crippen molar-refractivity contribution in [3.8, 4) is 5.75 Å². The van der Waals surface area contributed by atoms with Crippen LogP contribution in [0.1, 0.15) is 35.2 Å². The molecule has 2 aliphatic rings. The summed E-state index contributed by atoms with van der Waals surface area (Å²) < 4.78 is 57.4. The van der Waals surface area contributed by atoms with Crippen LogP contribution in [0.5, 0.6) is 5.75 Å². The smallest absolute Gasteiger partial charge is 0.416 e. The summed E-state index contributed by atoms with van der Waals surface area (Å²) in [5, 5.41) is 5.14. The quantitative estimate of drug-likeness (QED) is 0.546. The second kappa shape index (κ2) is 11.4. The number of nitrogens with zero attached hydrogens (tertiary/aromatic N) is 2. The molecule has 4 rings (SSSR count). The van der Waals surface area contributed by atoms with E-state index in [0.29, 0.717) is 30.8 Å². The summed E-state index contributed by atoms with van der Waals surface area (Å²) >= 11 is 0. The molecule has 2 amide bonds. The van der Waals surface area contributed by atoms with Crippen LogP contribution in [0, 0.1) is 5.82 Å². The summed E-state index contributed by atoms with van der Waals surface area (Å²) in [7, 11) is 1.64. The van der Waals surface area contributed by atoms with Crippen molar-refractivity contribution in [1.29, 1.82) is 0 Å². The summed E-state index contributed by atoms with van der Waals surface area (Å²) in [6.07, 6.45) is -1.99. The highest BCUT2D eigenvalue weighted by atomic mass is 19.4. The lowest BCUT2D eigenvalue weighted by molar-refractivity contribution is -0.137. The van der Waals surface area contributed by atoms with E-state index in [1.807, 2.05) is 12.1 Å². The van der Waals surface area contributed by atoms with Gasteiger partial charge in [-0.2, -0.15) is 13.2 Å². The van der Waals surface area contributed by atoms with E-state index in [1.54, 1.807) is 7.11 Å². The van der Waals surface area contributed by atoms with Gasteiger partial charge in [0.15, 0.2) is 0 Å². The number of likely N-dealkylation sites (tertiary alicyclic amines) is 1. The van der Waals surface area contributed by atoms with Crippen molar-refractivity contribution in [2.45, 2.75) is 37.5 Å². The molecule has 2 heterocycles. The molecule has 7 nitrogen and oxygen atoms in total. The van der Waals surface area contributed by atoms with Gasteiger partial charge in [-0.15, -0.1) is 0 Å². The maximum atomic E-state index is 13.5. The van der Waals surface area contributed by atoms with E-state index in [0.717, 1.165) is 44.6 Å². The number of alkyl halides is 3. The Labute approximate surface area is 212 Å². The Morgan fingerprint density at radius 1 is 1.03 bits per heavy atom. The first-order valence-corrected chi connectivity index (χ1v) is 12.2. The summed E-state index contributed by atoms with van der Waals surface area (Å²) in [4.78, 5) is 29.3. The van der Waals surface area contributed by atoms with Crippen molar-refractivity contribution in [3.63, 3.8) is 0 Å². The predicted molar refractivity (Wildman–Crippen MR) is 130 cm³/mol. The van der Waals surface area contributed by atoms with Crippen LogP contribution >= 0.6 is 0 Å². The lowest BCUT2D eigenvalue weighted by atomic mass is 10.0. The Morgan fingerprint density at radius 3 is 2.38 bits per heavy atom. The molecule has 1 atom stereocenters. The molecule has 0 saturated carbocycles.